The summed E-state index contributed by atoms with van der Waals surface area (Å²) in [6, 6.07) is 0. The molecule has 55 heavy (non-hydrogen) atoms. The van der Waals surface area contributed by atoms with E-state index in [0.717, 1.165) is 17.7 Å². The van der Waals surface area contributed by atoms with Gasteiger partial charge in [0.15, 0.2) is 12.1 Å². The quantitative estimate of drug-likeness (QED) is 0.0335. The number of amides is 2. The third-order valence-electron chi connectivity index (χ3n) is 7.93. The Labute approximate surface area is 320 Å². The molecule has 3 aliphatic rings. The largest absolute Gasteiger partial charge is 0.481 e. The molecule has 0 bridgehead atoms. The van der Waals surface area contributed by atoms with Crippen LogP contribution in [0.5, 0.6) is 0 Å². The molecule has 3 rings (SSSR count). The molecule has 0 aromatic heterocycles. The summed E-state index contributed by atoms with van der Waals surface area (Å²) in [5, 5.41) is 26.4. The van der Waals surface area contributed by atoms with E-state index in [2.05, 4.69) is 42.6 Å². The van der Waals surface area contributed by atoms with Gasteiger partial charge in [-0.3, -0.25) is 38.7 Å². The number of thiol groups is 1. The minimum atomic E-state index is -5.60. The van der Waals surface area contributed by atoms with Crippen LogP contribution in [0, 0.1) is 5.41 Å². The average molecular weight is 866 g/mol. The zero-order valence-electron chi connectivity index (χ0n) is 29.8. The number of fused-ring (bicyclic) bond motifs is 1. The SMILES string of the molecule is CCC/C=C/C(=O)C1(N)N=CN=C2C1=NCN2[C@@H]1O[C@H](COP(=O)(O)OP(=O)(O)OCC(C)(C)[C@@H](O)C(=O)NCCC(=O)NCCS)[C@@H](OP(=O)(O)O)[C@H]1O. The van der Waals surface area contributed by atoms with Gasteiger partial charge < -0.3 is 50.1 Å². The normalized spacial score (nSPS) is 26.9. The topological polar surface area (TPSA) is 360 Å². The standard InChI is InChI=1S/C27H46N7O17P3S/c1-4-5-6-7-17(35)27(28)21-23(31-14-33-27)34(15-32-21)25-19(37)20(50-52(40,41)42)16(49-25)12-47-53(43,44)51-54(45,46)48-13-26(2,3)22(38)24(39)30-9-8-18(36)29-10-11-55/h6-7,14,16,19-20,22,25,37-38,55H,4-5,8-13,15,28H2,1-3H3,(H,29,36)(H,30,39)(H,43,44)(H,45,46)(H2,40,41,42)/b7-6+/t16-,19-,20-,22+,25-,27?/m1/s1. The van der Waals surface area contributed by atoms with E-state index in [0.29, 0.717) is 18.7 Å². The monoisotopic (exact) mass is 865 g/mol. The van der Waals surface area contributed by atoms with Gasteiger partial charge >= 0.3 is 23.5 Å². The second-order valence-electron chi connectivity index (χ2n) is 12.8. The maximum Gasteiger partial charge on any atom is 0.481 e. The highest BCUT2D eigenvalue weighted by atomic mass is 32.1. The molecule has 0 aromatic rings. The molecule has 0 saturated carbocycles. The van der Waals surface area contributed by atoms with Gasteiger partial charge in [0.05, 0.1) is 13.2 Å². The van der Waals surface area contributed by atoms with Crippen LogP contribution in [0.1, 0.15) is 40.0 Å². The Balaban J connectivity index is 1.64. The predicted molar refractivity (Wildman–Crippen MR) is 195 cm³/mol. The molecule has 3 unspecified atom stereocenters. The Hall–Kier alpha value is -2.28. The molecule has 0 spiro atoms. The van der Waals surface area contributed by atoms with Crippen molar-refractivity contribution in [1.29, 1.82) is 0 Å². The summed E-state index contributed by atoms with van der Waals surface area (Å²) in [7, 11) is -16.5. The van der Waals surface area contributed by atoms with Crippen molar-refractivity contribution in [3.63, 3.8) is 0 Å². The van der Waals surface area contributed by atoms with Gasteiger partial charge in [-0.2, -0.15) is 16.9 Å². The maximum absolute atomic E-state index is 13.0. The minimum Gasteiger partial charge on any atom is -0.386 e. The number of nitrogens with two attached hydrogens (primary N) is 1. The summed E-state index contributed by atoms with van der Waals surface area (Å²) in [5.74, 6) is -1.67. The number of carbonyl (C=O) groups excluding carboxylic acids is 3. The fourth-order valence-corrected chi connectivity index (χ4v) is 8.00. The van der Waals surface area contributed by atoms with Crippen LogP contribution >= 0.6 is 36.1 Å². The van der Waals surface area contributed by atoms with Gasteiger partial charge in [-0.1, -0.05) is 33.3 Å². The number of allylic oxidation sites excluding steroid dienone is 1. The molecule has 8 atom stereocenters. The first kappa shape index (κ1) is 47.1. The van der Waals surface area contributed by atoms with Crippen molar-refractivity contribution in [2.24, 2.45) is 26.1 Å². The second kappa shape index (κ2) is 19.4. The number of carbonyl (C=O) groups is 3. The number of nitrogens with one attached hydrogen (secondary N) is 2. The summed E-state index contributed by atoms with van der Waals surface area (Å²) in [4.78, 5) is 89.9. The summed E-state index contributed by atoms with van der Waals surface area (Å²) in [6.07, 6.45) is -4.12. The fourth-order valence-electron chi connectivity index (χ4n) is 5.05. The van der Waals surface area contributed by atoms with Crippen LogP contribution in [0.4, 0.5) is 0 Å². The van der Waals surface area contributed by atoms with Crippen molar-refractivity contribution in [2.45, 2.75) is 76.3 Å². The zero-order chi connectivity index (χ0) is 41.4. The van der Waals surface area contributed by atoms with Crippen LogP contribution in [0.3, 0.4) is 0 Å². The fraction of sp³-hybridized carbons (Fsp3) is 0.704. The molecule has 28 heteroatoms. The van der Waals surface area contributed by atoms with Crippen LogP contribution in [-0.4, -0.2) is 145 Å². The van der Waals surface area contributed by atoms with Crippen LogP contribution in [0.25, 0.3) is 0 Å². The number of phosphoric ester groups is 3. The number of nitrogens with zero attached hydrogens (tertiary/aromatic N) is 4. The molecule has 1 saturated heterocycles. The Morgan fingerprint density at radius 3 is 2.47 bits per heavy atom. The van der Waals surface area contributed by atoms with Crippen molar-refractivity contribution in [3.05, 3.63) is 12.2 Å². The number of amidine groups is 1. The van der Waals surface area contributed by atoms with E-state index < -0.39 is 90.1 Å². The molecular weight excluding hydrogens is 819 g/mol. The first-order valence-electron chi connectivity index (χ1n) is 16.5. The van der Waals surface area contributed by atoms with E-state index in [1.807, 2.05) is 6.92 Å². The van der Waals surface area contributed by atoms with Crippen molar-refractivity contribution in [2.75, 3.05) is 38.7 Å². The lowest BCUT2D eigenvalue weighted by molar-refractivity contribution is -0.137. The van der Waals surface area contributed by atoms with Crippen molar-refractivity contribution in [3.8, 4) is 0 Å². The number of aliphatic imine (C=N–C) groups is 3. The molecule has 1 fully saturated rings. The molecule has 3 aliphatic heterocycles. The second-order valence-corrected chi connectivity index (χ2v) is 17.5. The molecule has 3 heterocycles. The van der Waals surface area contributed by atoms with Crippen LogP contribution < -0.4 is 16.4 Å². The lowest BCUT2D eigenvalue weighted by Gasteiger charge is -2.31. The lowest BCUT2D eigenvalue weighted by Crippen LogP contribution is -2.59. The maximum atomic E-state index is 13.0. The van der Waals surface area contributed by atoms with Crippen LogP contribution in [-0.2, 0) is 50.7 Å². The van der Waals surface area contributed by atoms with Gasteiger partial charge in [0.2, 0.25) is 23.3 Å². The zero-order valence-corrected chi connectivity index (χ0v) is 33.4. The Kier molecular flexibility index (Phi) is 16.7. The first-order chi connectivity index (χ1) is 25.5. The summed E-state index contributed by atoms with van der Waals surface area (Å²) < 4.78 is 61.4. The minimum absolute atomic E-state index is 0.0948. The smallest absolute Gasteiger partial charge is 0.386 e. The molecule has 0 radical (unpaired) electrons. The Morgan fingerprint density at radius 1 is 1.16 bits per heavy atom. The van der Waals surface area contributed by atoms with E-state index in [1.54, 1.807) is 6.08 Å². The van der Waals surface area contributed by atoms with E-state index in [1.165, 1.54) is 19.9 Å². The molecule has 312 valence electrons. The van der Waals surface area contributed by atoms with Crippen LogP contribution in [0.2, 0.25) is 0 Å². The van der Waals surface area contributed by atoms with Gasteiger partial charge in [0.25, 0.3) is 0 Å². The van der Waals surface area contributed by atoms with E-state index in [4.69, 9.17) is 24.0 Å². The summed E-state index contributed by atoms with van der Waals surface area (Å²) in [5.41, 5.74) is 2.58. The predicted octanol–water partition coefficient (Wildman–Crippen LogP) is -1.52. The number of ether oxygens (including phenoxy) is 1. The number of ketones is 1. The van der Waals surface area contributed by atoms with E-state index in [9.17, 15) is 57.9 Å². The van der Waals surface area contributed by atoms with Gasteiger partial charge in [-0.25, -0.2) is 23.7 Å². The molecule has 24 nitrogen and oxygen atoms in total. The first-order valence-corrected chi connectivity index (χ1v) is 21.6. The molecular formula is C27H46N7O17P3S. The van der Waals surface area contributed by atoms with Crippen molar-refractivity contribution in [1.82, 2.24) is 15.5 Å². The third-order valence-corrected chi connectivity index (χ3v) is 11.2. The summed E-state index contributed by atoms with van der Waals surface area (Å²) >= 11 is 3.96. The highest BCUT2D eigenvalue weighted by Gasteiger charge is 2.55. The Morgan fingerprint density at radius 2 is 1.84 bits per heavy atom. The molecule has 0 aromatic carbocycles. The van der Waals surface area contributed by atoms with Gasteiger partial charge in [0.1, 0.15) is 43.1 Å². The van der Waals surface area contributed by atoms with E-state index >= 15 is 0 Å². The Bertz CT molecular complexity index is 1690. The highest BCUT2D eigenvalue weighted by Crippen LogP contribution is 2.61. The number of hydrogen-bond acceptors (Lipinski definition) is 19. The highest BCUT2D eigenvalue weighted by molar-refractivity contribution is 7.80. The summed E-state index contributed by atoms with van der Waals surface area (Å²) in [6.45, 7) is 2.16. The lowest BCUT2D eigenvalue weighted by atomic mass is 9.87. The van der Waals surface area contributed by atoms with Gasteiger partial charge in [-0.05, 0) is 12.5 Å². The van der Waals surface area contributed by atoms with Gasteiger partial charge in [0, 0.05) is 30.7 Å². The molecule has 2 amide bonds. The van der Waals surface area contributed by atoms with Crippen LogP contribution in [0.15, 0.2) is 27.1 Å². The number of hydrogen-bond donors (Lipinski definition) is 10. The van der Waals surface area contributed by atoms with E-state index in [-0.39, 0.29) is 37.1 Å². The molecule has 10 N–H and O–H groups in total. The number of aliphatic hydroxyl groups is 2. The van der Waals surface area contributed by atoms with Crippen molar-refractivity contribution < 1.29 is 80.5 Å². The third kappa shape index (κ3) is 13.1. The number of rotatable bonds is 22. The number of aliphatic hydroxyl groups excluding tert-OH is 2. The van der Waals surface area contributed by atoms with Gasteiger partial charge in [-0.15, -0.1) is 0 Å². The number of unbranched alkanes of at least 4 members (excludes halogenated alkanes) is 1. The van der Waals surface area contributed by atoms with Crippen molar-refractivity contribution >= 4 is 71.6 Å². The number of phosphoric acid groups is 3. The molecule has 0 aliphatic carbocycles. The average Bonchev–Trinajstić information content (AvgIpc) is 3.65.